The normalized spacial score (nSPS) is 17.6. The predicted octanol–water partition coefficient (Wildman–Crippen LogP) is 3.27. The SMILES string of the molecule is COc1cccc(OC)c1-n1c(CS(=O)(=O)[C@@H](C)[C@H](OC)c2ncc(Cl)cn2)nnc1[C@H]1CCCO1. The van der Waals surface area contributed by atoms with Gasteiger partial charge >= 0.3 is 0 Å². The van der Waals surface area contributed by atoms with Crippen molar-refractivity contribution >= 4 is 21.4 Å². The lowest BCUT2D eigenvalue weighted by Gasteiger charge is -2.22. The van der Waals surface area contributed by atoms with Crippen molar-refractivity contribution < 1.29 is 27.4 Å². The molecule has 13 heteroatoms. The molecular weight excluding hydrogens is 510 g/mol. The summed E-state index contributed by atoms with van der Waals surface area (Å²) in [5.41, 5.74) is 0.500. The molecule has 11 nitrogen and oxygen atoms in total. The van der Waals surface area contributed by atoms with E-state index in [0.717, 1.165) is 12.8 Å². The molecule has 2 aromatic heterocycles. The van der Waals surface area contributed by atoms with E-state index in [4.69, 9.17) is 30.5 Å². The number of methoxy groups -OCH3 is 3. The number of ether oxygens (including phenoxy) is 4. The summed E-state index contributed by atoms with van der Waals surface area (Å²) < 4.78 is 51.4. The number of sulfone groups is 1. The summed E-state index contributed by atoms with van der Waals surface area (Å²) in [6, 6.07) is 5.30. The van der Waals surface area contributed by atoms with Crippen LogP contribution in [0.2, 0.25) is 5.02 Å². The smallest absolute Gasteiger partial charge is 0.167 e. The van der Waals surface area contributed by atoms with Gasteiger partial charge in [-0.15, -0.1) is 10.2 Å². The van der Waals surface area contributed by atoms with Gasteiger partial charge in [-0.05, 0) is 31.9 Å². The molecule has 0 radical (unpaired) electrons. The highest BCUT2D eigenvalue weighted by atomic mass is 35.5. The summed E-state index contributed by atoms with van der Waals surface area (Å²) in [6.07, 6.45) is 3.14. The zero-order valence-electron chi connectivity index (χ0n) is 20.4. The molecule has 0 unspecified atom stereocenters. The van der Waals surface area contributed by atoms with Crippen molar-refractivity contribution in [2.75, 3.05) is 27.9 Å². The van der Waals surface area contributed by atoms with Crippen LogP contribution in [-0.2, 0) is 25.1 Å². The Morgan fingerprint density at radius 1 is 1.14 bits per heavy atom. The molecule has 36 heavy (non-hydrogen) atoms. The van der Waals surface area contributed by atoms with Crippen LogP contribution in [0.25, 0.3) is 5.69 Å². The molecule has 3 aromatic rings. The van der Waals surface area contributed by atoms with E-state index >= 15 is 0 Å². The Bertz CT molecular complexity index is 1270. The van der Waals surface area contributed by atoms with Crippen LogP contribution in [0.3, 0.4) is 0 Å². The fraction of sp³-hybridized carbons (Fsp3) is 0.478. The van der Waals surface area contributed by atoms with Gasteiger partial charge in [-0.25, -0.2) is 18.4 Å². The van der Waals surface area contributed by atoms with E-state index in [1.54, 1.807) is 29.7 Å². The lowest BCUT2D eigenvalue weighted by molar-refractivity contribution is 0.0948. The number of hydrogen-bond acceptors (Lipinski definition) is 10. The van der Waals surface area contributed by atoms with E-state index in [2.05, 4.69) is 20.2 Å². The molecule has 4 rings (SSSR count). The summed E-state index contributed by atoms with van der Waals surface area (Å²) in [5.74, 6) is 1.42. The van der Waals surface area contributed by atoms with E-state index < -0.39 is 26.9 Å². The van der Waals surface area contributed by atoms with Crippen molar-refractivity contribution in [1.29, 1.82) is 0 Å². The largest absolute Gasteiger partial charge is 0.494 e. The van der Waals surface area contributed by atoms with E-state index in [1.807, 2.05) is 0 Å². The van der Waals surface area contributed by atoms with Crippen LogP contribution in [0.4, 0.5) is 0 Å². The quantitative estimate of drug-likeness (QED) is 0.380. The van der Waals surface area contributed by atoms with Crippen molar-refractivity contribution in [3.63, 3.8) is 0 Å². The first kappa shape index (κ1) is 26.3. The first-order valence-corrected chi connectivity index (χ1v) is 13.4. The molecule has 0 N–H and O–H groups in total. The zero-order chi connectivity index (χ0) is 25.9. The van der Waals surface area contributed by atoms with Crippen LogP contribution in [0.1, 0.15) is 49.4 Å². The molecule has 0 spiro atoms. The highest BCUT2D eigenvalue weighted by Crippen LogP contribution is 2.38. The maximum absolute atomic E-state index is 13.6. The number of halogens is 1. The summed E-state index contributed by atoms with van der Waals surface area (Å²) in [5, 5.41) is 7.96. The lowest BCUT2D eigenvalue weighted by atomic mass is 10.2. The molecule has 0 bridgehead atoms. The van der Waals surface area contributed by atoms with Crippen molar-refractivity contribution in [2.24, 2.45) is 0 Å². The van der Waals surface area contributed by atoms with E-state index in [1.165, 1.54) is 33.7 Å². The Kier molecular flexibility index (Phi) is 8.08. The van der Waals surface area contributed by atoms with Gasteiger partial charge in [0, 0.05) is 26.1 Å². The zero-order valence-corrected chi connectivity index (χ0v) is 22.0. The van der Waals surface area contributed by atoms with Crippen LogP contribution >= 0.6 is 11.6 Å². The highest BCUT2D eigenvalue weighted by Gasteiger charge is 2.36. The Labute approximate surface area is 214 Å². The van der Waals surface area contributed by atoms with Gasteiger partial charge in [0.05, 0.1) is 24.5 Å². The molecule has 1 aliphatic rings. The first-order chi connectivity index (χ1) is 17.3. The number of benzene rings is 1. The van der Waals surface area contributed by atoms with Crippen LogP contribution < -0.4 is 9.47 Å². The van der Waals surface area contributed by atoms with Crippen LogP contribution in [0.15, 0.2) is 30.6 Å². The minimum Gasteiger partial charge on any atom is -0.494 e. The van der Waals surface area contributed by atoms with E-state index in [9.17, 15) is 8.42 Å². The monoisotopic (exact) mass is 537 g/mol. The Morgan fingerprint density at radius 2 is 1.81 bits per heavy atom. The molecule has 1 aliphatic heterocycles. The molecule has 1 aromatic carbocycles. The van der Waals surface area contributed by atoms with Gasteiger partial charge in [-0.2, -0.15) is 0 Å². The van der Waals surface area contributed by atoms with Crippen molar-refractivity contribution in [3.05, 3.63) is 53.1 Å². The Morgan fingerprint density at radius 3 is 2.36 bits per heavy atom. The van der Waals surface area contributed by atoms with Crippen molar-refractivity contribution in [3.8, 4) is 17.2 Å². The number of hydrogen-bond donors (Lipinski definition) is 0. The Hall–Kier alpha value is -2.80. The molecule has 3 atom stereocenters. The maximum Gasteiger partial charge on any atom is 0.167 e. The van der Waals surface area contributed by atoms with Crippen molar-refractivity contribution in [2.45, 2.75) is 43.0 Å². The second-order valence-corrected chi connectivity index (χ2v) is 11.0. The number of rotatable bonds is 10. The standard InChI is InChI=1S/C23H28ClN5O6S/c1-14(21(34-4)22-25-11-15(24)12-26-22)36(30,31)13-19-27-28-23(18-9-6-10-35-18)29(19)20-16(32-2)7-5-8-17(20)33-3/h5,7-8,11-12,14,18,21H,6,9-10,13H2,1-4H3/t14-,18+,21-/m0/s1. The fourth-order valence-electron chi connectivity index (χ4n) is 4.19. The van der Waals surface area contributed by atoms with Crippen LogP contribution in [0.5, 0.6) is 11.5 Å². The molecular formula is C23H28ClN5O6S. The van der Waals surface area contributed by atoms with Gasteiger partial charge < -0.3 is 18.9 Å². The van der Waals surface area contributed by atoms with Crippen LogP contribution in [-0.4, -0.2) is 66.3 Å². The molecule has 0 saturated carbocycles. The molecule has 194 valence electrons. The number of nitrogens with zero attached hydrogens (tertiary/aromatic N) is 5. The topological polar surface area (TPSA) is 128 Å². The molecule has 1 fully saturated rings. The van der Waals surface area contributed by atoms with E-state index in [-0.39, 0.29) is 17.8 Å². The molecule has 0 amide bonds. The van der Waals surface area contributed by atoms with Crippen molar-refractivity contribution in [1.82, 2.24) is 24.7 Å². The summed E-state index contributed by atoms with van der Waals surface area (Å²) >= 11 is 5.88. The average Bonchev–Trinajstić information content (AvgIpc) is 3.54. The minimum absolute atomic E-state index is 0.196. The third-order valence-corrected chi connectivity index (χ3v) is 8.31. The summed E-state index contributed by atoms with van der Waals surface area (Å²) in [4.78, 5) is 8.29. The fourth-order valence-corrected chi connectivity index (χ4v) is 5.70. The van der Waals surface area contributed by atoms with E-state index in [0.29, 0.717) is 34.6 Å². The van der Waals surface area contributed by atoms with Gasteiger partial charge in [0.1, 0.15) is 35.1 Å². The minimum atomic E-state index is -3.85. The highest BCUT2D eigenvalue weighted by molar-refractivity contribution is 7.91. The van der Waals surface area contributed by atoms with Gasteiger partial charge in [-0.3, -0.25) is 4.57 Å². The third kappa shape index (κ3) is 5.17. The Balaban J connectivity index is 1.77. The van der Waals surface area contributed by atoms with Gasteiger partial charge in [0.25, 0.3) is 0 Å². The maximum atomic E-state index is 13.6. The van der Waals surface area contributed by atoms with Gasteiger partial charge in [0.2, 0.25) is 0 Å². The summed E-state index contributed by atoms with van der Waals surface area (Å²) in [6.45, 7) is 2.13. The van der Waals surface area contributed by atoms with Gasteiger partial charge in [-0.1, -0.05) is 17.7 Å². The number of aromatic nitrogens is 5. The lowest BCUT2D eigenvalue weighted by Crippen LogP contribution is -2.30. The van der Waals surface area contributed by atoms with Crippen LogP contribution in [0, 0.1) is 0 Å². The second-order valence-electron chi connectivity index (χ2n) is 8.25. The predicted molar refractivity (Wildman–Crippen MR) is 131 cm³/mol. The molecule has 0 aliphatic carbocycles. The molecule has 1 saturated heterocycles. The van der Waals surface area contributed by atoms with Gasteiger partial charge in [0.15, 0.2) is 27.3 Å². The number of para-hydroxylation sites is 1. The summed E-state index contributed by atoms with van der Waals surface area (Å²) in [7, 11) is 0.622. The first-order valence-electron chi connectivity index (χ1n) is 11.3. The average molecular weight is 538 g/mol. The third-order valence-electron chi connectivity index (χ3n) is 6.07. The molecule has 3 heterocycles. The second kappa shape index (κ2) is 11.1.